The molecule has 0 unspecified atom stereocenters. The lowest BCUT2D eigenvalue weighted by molar-refractivity contribution is 1.42. The van der Waals surface area contributed by atoms with Gasteiger partial charge in [0.05, 0.1) is 0 Å². The molecular weight excluding hydrogens is 66.0 g/mol. The second-order valence-electron chi connectivity index (χ2n) is 0.487. The zero-order chi connectivity index (χ0) is 4.28. The molecule has 0 aromatic rings. The molecular formula is C2H2N3. The van der Waals surface area contributed by atoms with Crippen molar-refractivity contribution in [3.8, 4) is 6.07 Å². The van der Waals surface area contributed by atoms with Crippen LogP contribution in [-0.2, 0) is 0 Å². The van der Waals surface area contributed by atoms with Gasteiger partial charge in [0.25, 0.3) is 0 Å². The van der Waals surface area contributed by atoms with Gasteiger partial charge in [-0.05, 0) is 0 Å². The average molecular weight is 68.1 g/mol. The van der Waals surface area contributed by atoms with Crippen molar-refractivity contribution in [2.24, 2.45) is 0 Å². The van der Waals surface area contributed by atoms with Gasteiger partial charge in [0.1, 0.15) is 6.07 Å². The van der Waals surface area contributed by atoms with Crippen LogP contribution < -0.4 is 5.73 Å². The first-order valence-corrected chi connectivity index (χ1v) is 0.974. The Balaban J connectivity index is 3.35. The molecule has 0 rings (SSSR count). The lowest BCUT2D eigenvalue weighted by Gasteiger charge is -1.59. The fourth-order valence-corrected chi connectivity index (χ4v) is 0. The van der Waals surface area contributed by atoms with Crippen LogP contribution in [0.1, 0.15) is 0 Å². The molecule has 0 spiro atoms. The summed E-state index contributed by atoms with van der Waals surface area (Å²) in [7, 11) is 0. The van der Waals surface area contributed by atoms with E-state index in [-0.39, 0.29) is 0 Å². The minimum absolute atomic E-state index is 0.690. The van der Waals surface area contributed by atoms with Crippen molar-refractivity contribution in [3.63, 3.8) is 0 Å². The summed E-state index contributed by atoms with van der Waals surface area (Å²) in [5, 5.41) is 13.5. The molecule has 5 heavy (non-hydrogen) atoms. The molecule has 0 saturated carbocycles. The highest BCUT2D eigenvalue weighted by atomic mass is 14.7. The van der Waals surface area contributed by atoms with Gasteiger partial charge < -0.3 is 0 Å². The molecule has 0 aliphatic heterocycles. The van der Waals surface area contributed by atoms with E-state index in [1.165, 1.54) is 6.07 Å². The van der Waals surface area contributed by atoms with Crippen LogP contribution in [0.25, 0.3) is 0 Å². The van der Waals surface area contributed by atoms with Crippen LogP contribution in [0.2, 0.25) is 0 Å². The summed E-state index contributed by atoms with van der Waals surface area (Å²) in [6, 6.07) is 1.28. The van der Waals surface area contributed by atoms with Crippen LogP contribution in [0.4, 0.5) is 0 Å². The Bertz CT molecular complexity index is 77.4. The first-order valence-electron chi connectivity index (χ1n) is 0.974. The van der Waals surface area contributed by atoms with Gasteiger partial charge in [0, 0.05) is 0 Å². The van der Waals surface area contributed by atoms with E-state index >= 15 is 0 Å². The molecule has 2 N–H and O–H groups in total. The molecule has 0 bridgehead atoms. The van der Waals surface area contributed by atoms with Gasteiger partial charge in [0.15, 0.2) is 0 Å². The summed E-state index contributed by atoms with van der Waals surface area (Å²) in [6.45, 7) is 0. The zero-order valence-electron chi connectivity index (χ0n) is 2.45. The van der Waals surface area contributed by atoms with E-state index in [4.69, 9.17) is 16.4 Å². The molecule has 3 heteroatoms. The highest BCUT2D eigenvalue weighted by Crippen LogP contribution is 1.44. The topological polar surface area (TPSA) is 71.4 Å². The predicted molar refractivity (Wildman–Crippen MR) is 16.4 cm³/mol. The van der Waals surface area contributed by atoms with Crippen LogP contribution in [0, 0.1) is 16.7 Å². The lowest BCUT2D eigenvalue weighted by Crippen LogP contribution is -1.86. The Labute approximate surface area is 29.5 Å². The number of nitrogens with zero attached hydrogens (tertiary/aromatic N) is 1. The fourth-order valence-electron chi connectivity index (χ4n) is 0. The Morgan fingerprint density at radius 2 is 2.00 bits per heavy atom. The smallest absolute Gasteiger partial charge is 0.217 e. The van der Waals surface area contributed by atoms with Gasteiger partial charge in [-0.1, -0.05) is 0 Å². The van der Waals surface area contributed by atoms with Gasteiger partial charge in [-0.3, -0.25) is 11.1 Å². The zero-order valence-corrected chi connectivity index (χ0v) is 2.45. The number of nitrogens with one attached hydrogen (secondary N) is 2. The van der Waals surface area contributed by atoms with Crippen LogP contribution in [0.15, 0.2) is 0 Å². The van der Waals surface area contributed by atoms with Gasteiger partial charge in [-0.2, -0.15) is 5.26 Å². The molecule has 1 radical (unpaired) electrons. The minimum Gasteiger partial charge on any atom is -0.274 e. The van der Waals surface area contributed by atoms with E-state index < -0.39 is 5.84 Å². The van der Waals surface area contributed by atoms with Gasteiger partial charge >= 0.3 is 0 Å². The van der Waals surface area contributed by atoms with E-state index in [1.54, 1.807) is 0 Å². The van der Waals surface area contributed by atoms with Crippen LogP contribution >= 0.6 is 0 Å². The van der Waals surface area contributed by atoms with E-state index in [0.29, 0.717) is 0 Å². The predicted octanol–water partition coefficient (Wildman–Crippen LogP) is -0.230. The number of hydrogen-bond donors (Lipinski definition) is 1. The van der Waals surface area contributed by atoms with Crippen molar-refractivity contribution in [2.75, 3.05) is 0 Å². The Kier molecular flexibility index (Phi) is 1.03. The maximum Gasteiger partial charge on any atom is 0.217 e. The van der Waals surface area contributed by atoms with E-state index in [9.17, 15) is 0 Å². The van der Waals surface area contributed by atoms with Crippen LogP contribution in [0.3, 0.4) is 0 Å². The molecule has 0 aromatic carbocycles. The summed E-state index contributed by atoms with van der Waals surface area (Å²) in [5.41, 5.74) is 6.05. The summed E-state index contributed by atoms with van der Waals surface area (Å²) in [4.78, 5) is 0. The number of hydrogen-bond acceptors (Lipinski definition) is 2. The molecule has 0 saturated heterocycles. The third kappa shape index (κ3) is 2.96. The second-order valence-corrected chi connectivity index (χ2v) is 0.487. The highest BCUT2D eigenvalue weighted by Gasteiger charge is 1.70. The third-order valence-corrected chi connectivity index (χ3v) is 0.112. The van der Waals surface area contributed by atoms with Crippen molar-refractivity contribution < 1.29 is 0 Å². The highest BCUT2D eigenvalue weighted by molar-refractivity contribution is 5.91. The Hall–Kier alpha value is -1.04. The fraction of sp³-hybridized carbons (Fsp3) is 0. The maximum atomic E-state index is 7.48. The van der Waals surface area contributed by atoms with Crippen molar-refractivity contribution >= 4 is 5.84 Å². The Morgan fingerprint density at radius 1 is 1.80 bits per heavy atom. The molecule has 0 atom stereocenters. The van der Waals surface area contributed by atoms with Crippen molar-refractivity contribution in [2.45, 2.75) is 0 Å². The molecule has 0 aliphatic carbocycles. The minimum atomic E-state index is -0.690. The quantitative estimate of drug-likeness (QED) is 0.309. The molecule has 0 aromatic heterocycles. The SMILES string of the molecule is N#CC([NH])=N. The van der Waals surface area contributed by atoms with E-state index in [0.717, 1.165) is 0 Å². The molecule has 0 aliphatic rings. The van der Waals surface area contributed by atoms with E-state index in [1.807, 2.05) is 0 Å². The van der Waals surface area contributed by atoms with Crippen LogP contribution in [0.5, 0.6) is 0 Å². The van der Waals surface area contributed by atoms with Gasteiger partial charge in [-0.15, -0.1) is 0 Å². The first kappa shape index (κ1) is 3.96. The summed E-state index contributed by atoms with van der Waals surface area (Å²) < 4.78 is 0. The monoisotopic (exact) mass is 68.0 g/mol. The maximum absolute atomic E-state index is 7.48. The second kappa shape index (κ2) is 1.30. The van der Waals surface area contributed by atoms with Crippen molar-refractivity contribution in [1.29, 1.82) is 10.7 Å². The molecule has 25 valence electrons. The number of nitriles is 1. The van der Waals surface area contributed by atoms with Crippen molar-refractivity contribution in [3.05, 3.63) is 0 Å². The summed E-state index contributed by atoms with van der Waals surface area (Å²) in [6.07, 6.45) is 0. The van der Waals surface area contributed by atoms with Crippen LogP contribution in [-0.4, -0.2) is 5.84 Å². The largest absolute Gasteiger partial charge is 0.274 e. The lowest BCUT2D eigenvalue weighted by atomic mass is 10.7. The first-order chi connectivity index (χ1) is 2.27. The summed E-state index contributed by atoms with van der Waals surface area (Å²) >= 11 is 0. The molecule has 0 fully saturated rings. The van der Waals surface area contributed by atoms with Gasteiger partial charge in [-0.25, -0.2) is 0 Å². The summed E-state index contributed by atoms with van der Waals surface area (Å²) in [5.74, 6) is -0.690. The van der Waals surface area contributed by atoms with Crippen molar-refractivity contribution in [1.82, 2.24) is 5.73 Å². The number of amidine groups is 1. The third-order valence-electron chi connectivity index (χ3n) is 0.112. The Morgan fingerprint density at radius 3 is 2.00 bits per heavy atom. The van der Waals surface area contributed by atoms with Gasteiger partial charge in [0.2, 0.25) is 5.84 Å². The number of rotatable bonds is 0. The molecule has 0 amide bonds. The molecule has 3 nitrogen and oxygen atoms in total. The normalized spacial score (nSPS) is 5.40. The van der Waals surface area contributed by atoms with E-state index in [2.05, 4.69) is 0 Å². The molecule has 0 heterocycles. The standard InChI is InChI=1S/C2H2N3/c3-1-2(4)5/h4-5H. The average Bonchev–Trinajstić information content (AvgIpc) is 1.38.